The van der Waals surface area contributed by atoms with E-state index in [2.05, 4.69) is 16.6 Å². The molecule has 1 N–H and O–H groups in total. The molecule has 0 bridgehead atoms. The fourth-order valence-electron chi connectivity index (χ4n) is 5.92. The lowest BCUT2D eigenvalue weighted by molar-refractivity contribution is -0.143. The van der Waals surface area contributed by atoms with Gasteiger partial charge >= 0.3 is 12.1 Å². The van der Waals surface area contributed by atoms with Crippen molar-refractivity contribution in [2.24, 2.45) is 5.92 Å². The van der Waals surface area contributed by atoms with E-state index in [0.717, 1.165) is 60.2 Å². The molecule has 1 saturated carbocycles. The van der Waals surface area contributed by atoms with Gasteiger partial charge in [0.05, 0.1) is 36.3 Å². The van der Waals surface area contributed by atoms with E-state index in [9.17, 15) is 14.7 Å². The number of nitrogens with zero attached hydrogens (tertiary/aromatic N) is 5. The fourth-order valence-corrected chi connectivity index (χ4v) is 5.92. The largest absolute Gasteiger partial charge is 0.481 e. The van der Waals surface area contributed by atoms with Crippen LogP contribution in [-0.4, -0.2) is 49.7 Å². The zero-order valence-corrected chi connectivity index (χ0v) is 20.6. The van der Waals surface area contributed by atoms with Crippen LogP contribution in [0.2, 0.25) is 0 Å². The normalized spacial score (nSPS) is 23.2. The predicted molar refractivity (Wildman–Crippen MR) is 132 cm³/mol. The number of rotatable bonds is 5. The number of methoxy groups -OCH3 is 1. The molecular formula is C26H33N5O4. The first-order chi connectivity index (χ1) is 16.9. The van der Waals surface area contributed by atoms with Gasteiger partial charge < -0.3 is 14.4 Å². The summed E-state index contributed by atoms with van der Waals surface area (Å²) in [5.74, 6) is -0.0373. The van der Waals surface area contributed by atoms with Crippen molar-refractivity contribution in [2.75, 3.05) is 12.0 Å². The minimum absolute atomic E-state index is 0.0439. The highest BCUT2D eigenvalue weighted by Gasteiger charge is 2.35. The standard InChI is InChI=1S/C26H33N5O4/c1-16(15-29-13-5-12-27-29)24-28-23-20-9-8-17(2)30(26(34)35-3)21(20)10-11-22(23)31(24)19-7-4-6-18(14-19)25(32)33/h5,10-13,16-19H,4,6-9,14-15H2,1-3H3,(H,32,33)/t16?,17?,18-,19-/m1/s1. The Balaban J connectivity index is 1.64. The van der Waals surface area contributed by atoms with Crippen molar-refractivity contribution in [1.29, 1.82) is 0 Å². The van der Waals surface area contributed by atoms with Crippen LogP contribution in [0.1, 0.15) is 69.3 Å². The minimum atomic E-state index is -0.717. The summed E-state index contributed by atoms with van der Waals surface area (Å²) in [4.78, 5) is 31.3. The maximum atomic E-state index is 12.6. The quantitative estimate of drug-likeness (QED) is 0.566. The Morgan fingerprint density at radius 1 is 1.26 bits per heavy atom. The number of fused-ring (bicyclic) bond motifs is 3. The van der Waals surface area contributed by atoms with Gasteiger partial charge in [-0.25, -0.2) is 9.78 Å². The molecule has 5 rings (SSSR count). The lowest BCUT2D eigenvalue weighted by Gasteiger charge is -2.34. The van der Waals surface area contributed by atoms with Crippen LogP contribution in [0.5, 0.6) is 0 Å². The monoisotopic (exact) mass is 479 g/mol. The molecule has 1 fully saturated rings. The van der Waals surface area contributed by atoms with Crippen LogP contribution in [0.4, 0.5) is 10.5 Å². The Labute approximate surface area is 204 Å². The third-order valence-electron chi connectivity index (χ3n) is 7.67. The van der Waals surface area contributed by atoms with Crippen molar-refractivity contribution in [3.8, 4) is 0 Å². The Morgan fingerprint density at radius 3 is 2.80 bits per heavy atom. The van der Waals surface area contributed by atoms with Gasteiger partial charge in [0.15, 0.2) is 0 Å². The summed E-state index contributed by atoms with van der Waals surface area (Å²) < 4.78 is 9.28. The van der Waals surface area contributed by atoms with Crippen molar-refractivity contribution in [2.45, 2.75) is 76.9 Å². The highest BCUT2D eigenvalue weighted by molar-refractivity contribution is 5.95. The molecule has 9 heteroatoms. The molecule has 1 aromatic carbocycles. The van der Waals surface area contributed by atoms with Gasteiger partial charge in [0.25, 0.3) is 0 Å². The molecule has 186 valence electrons. The number of carboxylic acids is 1. The van der Waals surface area contributed by atoms with Gasteiger partial charge in [0.2, 0.25) is 0 Å². The first-order valence-corrected chi connectivity index (χ1v) is 12.5. The first kappa shape index (κ1) is 23.4. The van der Waals surface area contributed by atoms with Crippen LogP contribution in [0.15, 0.2) is 30.6 Å². The van der Waals surface area contributed by atoms with E-state index >= 15 is 0 Å². The lowest BCUT2D eigenvalue weighted by Crippen LogP contribution is -2.42. The van der Waals surface area contributed by atoms with Crippen molar-refractivity contribution in [3.05, 3.63) is 42.0 Å². The van der Waals surface area contributed by atoms with E-state index in [1.54, 1.807) is 11.1 Å². The average molecular weight is 480 g/mol. The molecule has 2 aromatic heterocycles. The number of hydrogen-bond donors (Lipinski definition) is 1. The number of carbonyl (C=O) groups excluding carboxylic acids is 1. The van der Waals surface area contributed by atoms with E-state index in [1.807, 2.05) is 36.0 Å². The Kier molecular flexibility index (Phi) is 6.25. The highest BCUT2D eigenvalue weighted by atomic mass is 16.5. The molecular weight excluding hydrogens is 446 g/mol. The maximum absolute atomic E-state index is 12.6. The van der Waals surface area contributed by atoms with Crippen LogP contribution in [0.3, 0.4) is 0 Å². The Morgan fingerprint density at radius 2 is 2.09 bits per heavy atom. The fraction of sp³-hybridized carbons (Fsp3) is 0.538. The number of benzene rings is 1. The summed E-state index contributed by atoms with van der Waals surface area (Å²) in [6, 6.07) is 6.07. The number of amides is 1. The van der Waals surface area contributed by atoms with Crippen LogP contribution in [-0.2, 0) is 22.5 Å². The zero-order chi connectivity index (χ0) is 24.7. The number of aryl methyl sites for hydroxylation is 1. The smallest absolute Gasteiger partial charge is 0.414 e. The number of anilines is 1. The van der Waals surface area contributed by atoms with Crippen LogP contribution in [0, 0.1) is 5.92 Å². The van der Waals surface area contributed by atoms with Gasteiger partial charge in [0.1, 0.15) is 5.82 Å². The molecule has 0 saturated heterocycles. The second kappa shape index (κ2) is 9.36. The van der Waals surface area contributed by atoms with Gasteiger partial charge in [-0.15, -0.1) is 0 Å². The van der Waals surface area contributed by atoms with E-state index in [1.165, 1.54) is 7.11 Å². The van der Waals surface area contributed by atoms with Crippen molar-refractivity contribution in [1.82, 2.24) is 19.3 Å². The van der Waals surface area contributed by atoms with Crippen LogP contribution < -0.4 is 4.90 Å². The third-order valence-corrected chi connectivity index (χ3v) is 7.67. The molecule has 1 aliphatic heterocycles. The number of aliphatic carboxylic acids is 1. The van der Waals surface area contributed by atoms with E-state index in [-0.39, 0.29) is 30.0 Å². The van der Waals surface area contributed by atoms with Gasteiger partial charge in [-0.3, -0.25) is 14.4 Å². The van der Waals surface area contributed by atoms with E-state index < -0.39 is 5.97 Å². The minimum Gasteiger partial charge on any atom is -0.481 e. The lowest BCUT2D eigenvalue weighted by atomic mass is 9.85. The summed E-state index contributed by atoms with van der Waals surface area (Å²) in [6.45, 7) is 4.86. The van der Waals surface area contributed by atoms with E-state index in [4.69, 9.17) is 9.72 Å². The molecule has 35 heavy (non-hydrogen) atoms. The zero-order valence-electron chi connectivity index (χ0n) is 20.6. The number of imidazole rings is 1. The summed E-state index contributed by atoms with van der Waals surface area (Å²) in [5, 5.41) is 14.1. The predicted octanol–water partition coefficient (Wildman–Crippen LogP) is 4.76. The molecule has 2 unspecified atom stereocenters. The summed E-state index contributed by atoms with van der Waals surface area (Å²) in [7, 11) is 1.41. The second-order valence-corrected chi connectivity index (χ2v) is 9.98. The number of ether oxygens (including phenoxy) is 1. The molecule has 2 aliphatic rings. The first-order valence-electron chi connectivity index (χ1n) is 12.5. The van der Waals surface area contributed by atoms with Gasteiger partial charge in [0, 0.05) is 36.0 Å². The topological polar surface area (TPSA) is 102 Å². The average Bonchev–Trinajstić information content (AvgIpc) is 3.51. The summed E-state index contributed by atoms with van der Waals surface area (Å²) in [5.41, 5.74) is 3.83. The molecule has 4 atom stereocenters. The van der Waals surface area contributed by atoms with Gasteiger partial charge in [-0.05, 0) is 57.2 Å². The molecule has 0 radical (unpaired) electrons. The molecule has 1 aliphatic carbocycles. The maximum Gasteiger partial charge on any atom is 0.414 e. The molecule has 3 heterocycles. The molecule has 1 amide bonds. The third kappa shape index (κ3) is 4.17. The van der Waals surface area contributed by atoms with Gasteiger partial charge in [-0.1, -0.05) is 13.3 Å². The number of carbonyl (C=O) groups is 2. The van der Waals surface area contributed by atoms with E-state index in [0.29, 0.717) is 13.0 Å². The Bertz CT molecular complexity index is 1230. The van der Waals surface area contributed by atoms with Crippen LogP contribution in [0.25, 0.3) is 11.0 Å². The number of hydrogen-bond acceptors (Lipinski definition) is 5. The number of carboxylic acid groups (broad SMARTS) is 1. The second-order valence-electron chi connectivity index (χ2n) is 9.98. The van der Waals surface area contributed by atoms with Crippen molar-refractivity contribution in [3.63, 3.8) is 0 Å². The van der Waals surface area contributed by atoms with Crippen LogP contribution >= 0.6 is 0 Å². The Hall–Kier alpha value is -3.36. The van der Waals surface area contributed by atoms with Gasteiger partial charge in [-0.2, -0.15) is 5.10 Å². The molecule has 9 nitrogen and oxygen atoms in total. The SMILES string of the molecule is COC(=O)N1c2ccc3c(nc(C(C)Cn4cccn4)n3[C@@H]3CCC[C@@H](C(=O)O)C3)c2CCC1C. The van der Waals surface area contributed by atoms with Crippen molar-refractivity contribution < 1.29 is 19.4 Å². The summed E-state index contributed by atoms with van der Waals surface area (Å²) in [6.07, 6.45) is 8.15. The highest BCUT2D eigenvalue weighted by Crippen LogP contribution is 2.41. The van der Waals surface area contributed by atoms with Crippen molar-refractivity contribution >= 4 is 28.8 Å². The number of aromatic nitrogens is 4. The molecule has 3 aromatic rings. The summed E-state index contributed by atoms with van der Waals surface area (Å²) >= 11 is 0. The molecule has 0 spiro atoms.